The Balaban J connectivity index is 3.21. The molecule has 1 aromatic rings. The van der Waals surface area contributed by atoms with Gasteiger partial charge in [-0.2, -0.15) is 0 Å². The predicted molar refractivity (Wildman–Crippen MR) is 41.0 cm³/mol. The van der Waals surface area contributed by atoms with Crippen molar-refractivity contribution in [2.45, 2.75) is 6.92 Å². The molecule has 0 aliphatic carbocycles. The minimum absolute atomic E-state index is 0.213. The Morgan fingerprint density at radius 3 is 3.09 bits per heavy atom. The van der Waals surface area contributed by atoms with Gasteiger partial charge in [0.25, 0.3) is 0 Å². The van der Waals surface area contributed by atoms with Crippen LogP contribution in [0.4, 0.5) is 5.00 Å². The number of aromatic nitrogens is 1. The number of nitrogens with zero attached hydrogens (tertiary/aromatic N) is 4. The second kappa shape index (κ2) is 3.14. The van der Waals surface area contributed by atoms with E-state index in [9.17, 15) is 4.79 Å². The predicted octanol–water partition coefficient (Wildman–Crippen LogP) is 2.21. The molecule has 0 radical (unpaired) electrons. The van der Waals surface area contributed by atoms with Gasteiger partial charge in [-0.05, 0) is 17.6 Å². The van der Waals surface area contributed by atoms with E-state index in [1.54, 1.807) is 6.92 Å². The van der Waals surface area contributed by atoms with E-state index in [1.807, 2.05) is 0 Å². The number of aryl methyl sites for hydroxylation is 1. The lowest BCUT2D eigenvalue weighted by Crippen LogP contribution is -1.77. The van der Waals surface area contributed by atoms with Crippen molar-refractivity contribution in [3.8, 4) is 0 Å². The molecule has 0 bridgehead atoms. The van der Waals surface area contributed by atoms with Crippen molar-refractivity contribution >= 4 is 22.6 Å². The first-order valence-corrected chi connectivity index (χ1v) is 3.57. The lowest BCUT2D eigenvalue weighted by atomic mass is 10.5. The summed E-state index contributed by atoms with van der Waals surface area (Å²) in [6.07, 6.45) is 0.577. The average Bonchev–Trinajstić information content (AvgIpc) is 2.32. The molecule has 1 aromatic heterocycles. The second-order valence-corrected chi connectivity index (χ2v) is 2.91. The molecule has 0 unspecified atom stereocenters. The zero-order valence-corrected chi connectivity index (χ0v) is 6.50. The van der Waals surface area contributed by atoms with Crippen molar-refractivity contribution in [3.63, 3.8) is 0 Å². The molecular formula is C5H4N4OS. The minimum atomic E-state index is 0.213. The molecule has 1 rings (SSSR count). The van der Waals surface area contributed by atoms with Crippen molar-refractivity contribution in [2.75, 3.05) is 0 Å². The van der Waals surface area contributed by atoms with Gasteiger partial charge in [-0.15, -0.1) is 11.3 Å². The molecular weight excluding hydrogens is 164 g/mol. The Bertz CT molecular complexity index is 325. The van der Waals surface area contributed by atoms with Gasteiger partial charge in [0.1, 0.15) is 10.7 Å². The van der Waals surface area contributed by atoms with Crippen molar-refractivity contribution in [1.29, 1.82) is 0 Å². The molecule has 56 valence electrons. The van der Waals surface area contributed by atoms with Crippen LogP contribution in [-0.4, -0.2) is 11.3 Å². The van der Waals surface area contributed by atoms with Crippen LogP contribution in [-0.2, 0) is 0 Å². The van der Waals surface area contributed by atoms with E-state index in [0.29, 0.717) is 11.3 Å². The van der Waals surface area contributed by atoms with Crippen LogP contribution < -0.4 is 0 Å². The van der Waals surface area contributed by atoms with Gasteiger partial charge in [-0.1, -0.05) is 0 Å². The van der Waals surface area contributed by atoms with Crippen LogP contribution in [0.2, 0.25) is 0 Å². The number of thiazole rings is 1. The average molecular weight is 168 g/mol. The van der Waals surface area contributed by atoms with Gasteiger partial charge < -0.3 is 0 Å². The number of hydrogen-bond donors (Lipinski definition) is 0. The third kappa shape index (κ3) is 1.54. The molecule has 0 aliphatic heterocycles. The normalized spacial score (nSPS) is 8.82. The van der Waals surface area contributed by atoms with Crippen LogP contribution in [0, 0.1) is 6.92 Å². The van der Waals surface area contributed by atoms with Crippen LogP contribution >= 0.6 is 11.3 Å². The molecule has 0 amide bonds. The standard InChI is InChI=1S/C5H4N4OS/c1-3-7-4(2-10)5(11-3)8-9-6/h2H,1H3. The maximum absolute atomic E-state index is 10.3. The highest BCUT2D eigenvalue weighted by Crippen LogP contribution is 2.25. The smallest absolute Gasteiger partial charge is 0.169 e. The quantitative estimate of drug-likeness (QED) is 0.293. The Labute approximate surface area is 66.3 Å². The molecule has 0 saturated carbocycles. The maximum Gasteiger partial charge on any atom is 0.169 e. The van der Waals surface area contributed by atoms with E-state index in [-0.39, 0.29) is 5.69 Å². The summed E-state index contributed by atoms with van der Waals surface area (Å²) in [6.45, 7) is 1.74. The number of azide groups is 1. The highest BCUT2D eigenvalue weighted by Gasteiger charge is 2.04. The highest BCUT2D eigenvalue weighted by molar-refractivity contribution is 7.15. The van der Waals surface area contributed by atoms with E-state index in [0.717, 1.165) is 5.01 Å². The minimum Gasteiger partial charge on any atom is -0.296 e. The summed E-state index contributed by atoms with van der Waals surface area (Å²) >= 11 is 1.20. The Morgan fingerprint density at radius 1 is 1.82 bits per heavy atom. The van der Waals surface area contributed by atoms with Gasteiger partial charge in [-0.3, -0.25) is 4.79 Å². The van der Waals surface area contributed by atoms with Crippen molar-refractivity contribution in [3.05, 3.63) is 21.1 Å². The van der Waals surface area contributed by atoms with Gasteiger partial charge >= 0.3 is 0 Å². The summed E-state index contributed by atoms with van der Waals surface area (Å²) in [4.78, 5) is 16.7. The van der Waals surface area contributed by atoms with Crippen molar-refractivity contribution in [2.24, 2.45) is 5.11 Å². The summed E-state index contributed by atoms with van der Waals surface area (Å²) in [6, 6.07) is 0. The zero-order chi connectivity index (χ0) is 8.27. The fraction of sp³-hybridized carbons (Fsp3) is 0.200. The molecule has 6 heteroatoms. The van der Waals surface area contributed by atoms with Gasteiger partial charge in [0, 0.05) is 4.91 Å². The van der Waals surface area contributed by atoms with Gasteiger partial charge in [0.15, 0.2) is 6.29 Å². The molecule has 1 heterocycles. The van der Waals surface area contributed by atoms with E-state index in [4.69, 9.17) is 5.53 Å². The lowest BCUT2D eigenvalue weighted by Gasteiger charge is -1.78. The van der Waals surface area contributed by atoms with Crippen LogP contribution in [0.5, 0.6) is 0 Å². The molecule has 0 atom stereocenters. The Hall–Kier alpha value is -1.39. The number of carbonyl (C=O) groups is 1. The lowest BCUT2D eigenvalue weighted by molar-refractivity contribution is 0.112. The van der Waals surface area contributed by atoms with E-state index >= 15 is 0 Å². The number of hydrogen-bond acceptors (Lipinski definition) is 4. The van der Waals surface area contributed by atoms with Crippen LogP contribution in [0.25, 0.3) is 10.4 Å². The highest BCUT2D eigenvalue weighted by atomic mass is 32.1. The molecule has 5 nitrogen and oxygen atoms in total. The molecule has 0 aliphatic rings. The monoisotopic (exact) mass is 168 g/mol. The summed E-state index contributed by atoms with van der Waals surface area (Å²) < 4.78 is 0. The first-order chi connectivity index (χ1) is 5.27. The number of carbonyl (C=O) groups excluding carboxylic acids is 1. The van der Waals surface area contributed by atoms with Gasteiger partial charge in [0.2, 0.25) is 0 Å². The van der Waals surface area contributed by atoms with E-state index in [2.05, 4.69) is 15.0 Å². The Kier molecular flexibility index (Phi) is 2.20. The topological polar surface area (TPSA) is 78.7 Å². The van der Waals surface area contributed by atoms with Crippen LogP contribution in [0.3, 0.4) is 0 Å². The first kappa shape index (κ1) is 7.71. The van der Waals surface area contributed by atoms with Crippen molar-refractivity contribution < 1.29 is 4.79 Å². The van der Waals surface area contributed by atoms with Crippen molar-refractivity contribution in [1.82, 2.24) is 4.98 Å². The molecule has 0 N–H and O–H groups in total. The van der Waals surface area contributed by atoms with E-state index in [1.165, 1.54) is 11.3 Å². The summed E-state index contributed by atoms with van der Waals surface area (Å²) in [5.41, 5.74) is 8.28. The molecule has 0 spiro atoms. The summed E-state index contributed by atoms with van der Waals surface area (Å²) in [5.74, 6) is 0. The summed E-state index contributed by atoms with van der Waals surface area (Å²) in [5, 5.41) is 4.35. The molecule has 11 heavy (non-hydrogen) atoms. The first-order valence-electron chi connectivity index (χ1n) is 2.75. The largest absolute Gasteiger partial charge is 0.296 e. The third-order valence-corrected chi connectivity index (χ3v) is 1.86. The van der Waals surface area contributed by atoms with Gasteiger partial charge in [0.05, 0.1) is 5.01 Å². The maximum atomic E-state index is 10.3. The van der Waals surface area contributed by atoms with Crippen LogP contribution in [0.15, 0.2) is 5.11 Å². The number of aldehydes is 1. The van der Waals surface area contributed by atoms with Gasteiger partial charge in [-0.25, -0.2) is 4.98 Å². The molecule has 0 aromatic carbocycles. The molecule has 0 saturated heterocycles. The fourth-order valence-corrected chi connectivity index (χ4v) is 1.32. The zero-order valence-electron chi connectivity index (χ0n) is 5.68. The SMILES string of the molecule is Cc1nc(C=O)c(N=[N+]=[N-])s1. The molecule has 0 fully saturated rings. The second-order valence-electron chi connectivity index (χ2n) is 1.73. The van der Waals surface area contributed by atoms with Crippen LogP contribution in [0.1, 0.15) is 15.5 Å². The Morgan fingerprint density at radius 2 is 2.55 bits per heavy atom. The van der Waals surface area contributed by atoms with E-state index < -0.39 is 0 Å². The summed E-state index contributed by atoms with van der Waals surface area (Å²) in [7, 11) is 0. The number of rotatable bonds is 2. The third-order valence-electron chi connectivity index (χ3n) is 0.989. The fourth-order valence-electron chi connectivity index (χ4n) is 0.621.